The molecule has 0 spiro atoms. The Morgan fingerprint density at radius 1 is 1.20 bits per heavy atom. The summed E-state index contributed by atoms with van der Waals surface area (Å²) in [4.78, 5) is 48.7. The molecule has 10 heteroatoms. The number of rotatable bonds is 4. The largest absolute Gasteiger partial charge is 0.473 e. The van der Waals surface area contributed by atoms with Gasteiger partial charge in [-0.05, 0) is 24.5 Å². The number of hydrogen-bond donors (Lipinski definition) is 2. The van der Waals surface area contributed by atoms with Crippen molar-refractivity contribution in [1.82, 2.24) is 9.55 Å². The van der Waals surface area contributed by atoms with Crippen LogP contribution in [0.1, 0.15) is 18.4 Å². The summed E-state index contributed by atoms with van der Waals surface area (Å²) >= 11 is 0. The molecule has 3 rings (SSSR count). The lowest BCUT2D eigenvalue weighted by Gasteiger charge is -2.32. The van der Waals surface area contributed by atoms with E-state index in [0.29, 0.717) is 43.7 Å². The van der Waals surface area contributed by atoms with Gasteiger partial charge in [-0.25, -0.2) is 19.0 Å². The van der Waals surface area contributed by atoms with Crippen LogP contribution in [-0.2, 0) is 27.9 Å². The normalized spacial score (nSPS) is 15.9. The Kier molecular flexibility index (Phi) is 7.79. The van der Waals surface area contributed by atoms with E-state index in [1.807, 2.05) is 4.90 Å². The fourth-order valence-corrected chi connectivity index (χ4v) is 3.09. The summed E-state index contributed by atoms with van der Waals surface area (Å²) in [6.07, 6.45) is 4.67. The number of carbonyl (C=O) groups excluding carboxylic acids is 1. The summed E-state index contributed by atoms with van der Waals surface area (Å²) in [5.74, 6) is -3.54. The standard InChI is InChI=1S/C18H20FN3O2.C2H2O4/c1-21-11-9-20-17(18(21)24)22-10-8-16(23)14(12-22)7-6-13-4-2-3-5-15(13)19;3-1(4)2(5)6/h2-5,9,11,14H,6-8,10,12H2,1H3;(H,3,4)(H,5,6). The number of nitrogens with zero attached hydrogens (tertiary/aromatic N) is 3. The number of aliphatic carboxylic acids is 2. The summed E-state index contributed by atoms with van der Waals surface area (Å²) in [6, 6.07) is 6.63. The first-order chi connectivity index (χ1) is 14.2. The minimum Gasteiger partial charge on any atom is -0.473 e. The smallest absolute Gasteiger partial charge is 0.414 e. The summed E-state index contributed by atoms with van der Waals surface area (Å²) in [5.41, 5.74) is 0.455. The van der Waals surface area contributed by atoms with Crippen molar-refractivity contribution in [2.45, 2.75) is 19.3 Å². The molecule has 1 aliphatic rings. The average Bonchev–Trinajstić information content (AvgIpc) is 2.71. The molecule has 0 amide bonds. The number of aryl methyl sites for hydroxylation is 2. The van der Waals surface area contributed by atoms with Gasteiger partial charge in [0.1, 0.15) is 11.6 Å². The number of carboxylic acid groups (broad SMARTS) is 2. The Bertz CT molecular complexity index is 979. The van der Waals surface area contributed by atoms with Crippen LogP contribution in [0.15, 0.2) is 41.5 Å². The zero-order chi connectivity index (χ0) is 22.3. The summed E-state index contributed by atoms with van der Waals surface area (Å²) in [6.45, 7) is 0.959. The highest BCUT2D eigenvalue weighted by atomic mass is 19.1. The SMILES string of the molecule is Cn1ccnc(N2CCC(=O)C(CCc3ccccc3F)C2)c1=O.O=C(O)C(=O)O. The van der Waals surface area contributed by atoms with Crippen molar-refractivity contribution in [3.63, 3.8) is 0 Å². The number of piperidine rings is 1. The molecule has 2 heterocycles. The number of hydrogen-bond acceptors (Lipinski definition) is 6. The summed E-state index contributed by atoms with van der Waals surface area (Å²) in [7, 11) is 1.68. The molecule has 1 atom stereocenters. The number of halogens is 1. The Hall–Kier alpha value is -3.56. The maximum atomic E-state index is 13.7. The lowest BCUT2D eigenvalue weighted by Crippen LogP contribution is -2.44. The van der Waals surface area contributed by atoms with Gasteiger partial charge in [0.2, 0.25) is 0 Å². The monoisotopic (exact) mass is 419 g/mol. The van der Waals surface area contributed by atoms with Crippen molar-refractivity contribution in [2.75, 3.05) is 18.0 Å². The fraction of sp³-hybridized carbons (Fsp3) is 0.350. The second-order valence-corrected chi connectivity index (χ2v) is 6.77. The molecule has 0 saturated carbocycles. The van der Waals surface area contributed by atoms with Gasteiger partial charge in [0.25, 0.3) is 5.56 Å². The highest BCUT2D eigenvalue weighted by Gasteiger charge is 2.29. The first-order valence-corrected chi connectivity index (χ1v) is 9.19. The number of carbonyl (C=O) groups is 3. The molecule has 1 aromatic carbocycles. The Morgan fingerprint density at radius 3 is 2.50 bits per heavy atom. The van der Waals surface area contributed by atoms with Crippen LogP contribution in [0.25, 0.3) is 0 Å². The van der Waals surface area contributed by atoms with E-state index in [1.165, 1.54) is 10.6 Å². The summed E-state index contributed by atoms with van der Waals surface area (Å²) in [5, 5.41) is 14.8. The number of aromatic nitrogens is 2. The second kappa shape index (κ2) is 10.3. The van der Waals surface area contributed by atoms with Gasteiger partial charge >= 0.3 is 11.9 Å². The summed E-state index contributed by atoms with van der Waals surface area (Å²) < 4.78 is 15.2. The predicted molar refractivity (Wildman–Crippen MR) is 105 cm³/mol. The highest BCUT2D eigenvalue weighted by Crippen LogP contribution is 2.22. The van der Waals surface area contributed by atoms with Crippen molar-refractivity contribution in [3.8, 4) is 0 Å². The Labute approximate surface area is 171 Å². The fourth-order valence-electron chi connectivity index (χ4n) is 3.09. The van der Waals surface area contributed by atoms with E-state index >= 15 is 0 Å². The molecule has 1 saturated heterocycles. The molecule has 0 bridgehead atoms. The highest BCUT2D eigenvalue weighted by molar-refractivity contribution is 6.27. The molecule has 160 valence electrons. The lowest BCUT2D eigenvalue weighted by molar-refractivity contribution is -0.159. The maximum absolute atomic E-state index is 13.7. The van der Waals surface area contributed by atoms with E-state index in [0.717, 1.165) is 0 Å². The average molecular weight is 419 g/mol. The quantitative estimate of drug-likeness (QED) is 0.705. The first kappa shape index (κ1) is 22.7. The van der Waals surface area contributed by atoms with Gasteiger partial charge in [0, 0.05) is 44.9 Å². The van der Waals surface area contributed by atoms with E-state index in [2.05, 4.69) is 4.98 Å². The molecule has 1 aliphatic heterocycles. The molecule has 1 fully saturated rings. The molecular formula is C20H22FN3O6. The van der Waals surface area contributed by atoms with E-state index < -0.39 is 11.9 Å². The van der Waals surface area contributed by atoms with Gasteiger partial charge in [-0.15, -0.1) is 0 Å². The van der Waals surface area contributed by atoms with Gasteiger partial charge in [-0.2, -0.15) is 0 Å². The van der Waals surface area contributed by atoms with Crippen molar-refractivity contribution in [2.24, 2.45) is 13.0 Å². The number of anilines is 1. The molecule has 30 heavy (non-hydrogen) atoms. The zero-order valence-corrected chi connectivity index (χ0v) is 16.3. The minimum absolute atomic E-state index is 0.167. The molecule has 0 radical (unpaired) electrons. The van der Waals surface area contributed by atoms with Crippen LogP contribution < -0.4 is 10.5 Å². The van der Waals surface area contributed by atoms with Gasteiger partial charge < -0.3 is 19.7 Å². The van der Waals surface area contributed by atoms with Gasteiger partial charge in [-0.1, -0.05) is 18.2 Å². The van der Waals surface area contributed by atoms with Crippen LogP contribution in [0.3, 0.4) is 0 Å². The topological polar surface area (TPSA) is 130 Å². The number of ketones is 1. The van der Waals surface area contributed by atoms with Crippen molar-refractivity contribution < 1.29 is 29.0 Å². The second-order valence-electron chi connectivity index (χ2n) is 6.77. The van der Waals surface area contributed by atoms with E-state index in [4.69, 9.17) is 19.8 Å². The third-order valence-electron chi connectivity index (χ3n) is 4.73. The number of carboxylic acids is 2. The Balaban J connectivity index is 0.000000469. The van der Waals surface area contributed by atoms with Crippen LogP contribution in [0.5, 0.6) is 0 Å². The molecule has 2 N–H and O–H groups in total. The lowest BCUT2D eigenvalue weighted by atomic mass is 9.90. The minimum atomic E-state index is -1.82. The molecular weight excluding hydrogens is 397 g/mol. The molecule has 9 nitrogen and oxygen atoms in total. The van der Waals surface area contributed by atoms with Gasteiger partial charge in [0.15, 0.2) is 5.82 Å². The third kappa shape index (κ3) is 5.97. The molecule has 1 aromatic heterocycles. The first-order valence-electron chi connectivity index (χ1n) is 9.19. The van der Waals surface area contributed by atoms with Crippen molar-refractivity contribution in [1.29, 1.82) is 0 Å². The van der Waals surface area contributed by atoms with E-state index in [-0.39, 0.29) is 23.1 Å². The van der Waals surface area contributed by atoms with Crippen LogP contribution in [0.2, 0.25) is 0 Å². The number of Topliss-reactive ketones (excluding diaryl/α,β-unsaturated/α-hetero) is 1. The van der Waals surface area contributed by atoms with Crippen LogP contribution in [-0.4, -0.2) is 50.6 Å². The molecule has 0 aliphatic carbocycles. The van der Waals surface area contributed by atoms with Crippen LogP contribution >= 0.6 is 0 Å². The van der Waals surface area contributed by atoms with Crippen molar-refractivity contribution >= 4 is 23.5 Å². The number of benzene rings is 1. The zero-order valence-electron chi connectivity index (χ0n) is 16.3. The molecule has 2 aromatic rings. The van der Waals surface area contributed by atoms with E-state index in [1.54, 1.807) is 37.6 Å². The van der Waals surface area contributed by atoms with E-state index in [9.17, 15) is 14.0 Å². The van der Waals surface area contributed by atoms with Gasteiger partial charge in [0.05, 0.1) is 0 Å². The maximum Gasteiger partial charge on any atom is 0.414 e. The Morgan fingerprint density at radius 2 is 1.87 bits per heavy atom. The van der Waals surface area contributed by atoms with Crippen LogP contribution in [0, 0.1) is 11.7 Å². The van der Waals surface area contributed by atoms with Crippen molar-refractivity contribution in [3.05, 3.63) is 58.4 Å². The third-order valence-corrected chi connectivity index (χ3v) is 4.73. The van der Waals surface area contributed by atoms with Crippen LogP contribution in [0.4, 0.5) is 10.2 Å². The predicted octanol–water partition coefficient (Wildman–Crippen LogP) is 1.10. The van der Waals surface area contributed by atoms with Gasteiger partial charge in [-0.3, -0.25) is 9.59 Å². The molecule has 1 unspecified atom stereocenters.